The lowest BCUT2D eigenvalue weighted by Gasteiger charge is -2.14. The Morgan fingerprint density at radius 2 is 2.06 bits per heavy atom. The molecule has 0 aliphatic heterocycles. The maximum atomic E-state index is 11.0. The van der Waals surface area contributed by atoms with Crippen LogP contribution in [0.15, 0.2) is 16.3 Å². The predicted molar refractivity (Wildman–Crippen MR) is 65.1 cm³/mol. The second-order valence-corrected chi connectivity index (χ2v) is 6.58. The number of rotatable bonds is 5. The van der Waals surface area contributed by atoms with Crippen molar-refractivity contribution in [2.75, 3.05) is 5.75 Å². The summed E-state index contributed by atoms with van der Waals surface area (Å²) in [5.74, 6) is 0.436. The number of primary sulfonamides is 1. The molecule has 0 aliphatic rings. The zero-order valence-corrected chi connectivity index (χ0v) is 10.8. The Labute approximate surface area is 103 Å². The molecule has 8 heteroatoms. The molecule has 4 N–H and O–H groups in total. The normalized spacial score (nSPS) is 16.0. The maximum Gasteiger partial charge on any atom is 0.247 e. The molecule has 0 saturated carbocycles. The SMILES string of the molecule is NS(=O)(=O)c1ccc(C(O)C(O)CCS)s1. The number of hydrogen-bond donors (Lipinski definition) is 4. The van der Waals surface area contributed by atoms with Crippen LogP contribution in [0.25, 0.3) is 0 Å². The molecule has 0 spiro atoms. The number of nitrogens with two attached hydrogens (primary N) is 1. The molecule has 0 fully saturated rings. The molecule has 0 amide bonds. The monoisotopic (exact) mass is 283 g/mol. The van der Waals surface area contributed by atoms with Gasteiger partial charge in [-0.25, -0.2) is 13.6 Å². The Balaban J connectivity index is 2.86. The van der Waals surface area contributed by atoms with Crippen molar-refractivity contribution in [3.8, 4) is 0 Å². The molecule has 0 bridgehead atoms. The number of hydrogen-bond acceptors (Lipinski definition) is 6. The maximum absolute atomic E-state index is 11.0. The fraction of sp³-hybridized carbons (Fsp3) is 0.500. The van der Waals surface area contributed by atoms with Crippen molar-refractivity contribution in [1.82, 2.24) is 0 Å². The van der Waals surface area contributed by atoms with E-state index in [1.54, 1.807) is 0 Å². The minimum atomic E-state index is -3.74. The largest absolute Gasteiger partial charge is 0.390 e. The number of aliphatic hydroxyl groups is 2. The fourth-order valence-electron chi connectivity index (χ4n) is 1.13. The highest BCUT2D eigenvalue weighted by molar-refractivity contribution is 7.91. The first kappa shape index (κ1) is 13.9. The van der Waals surface area contributed by atoms with Crippen molar-refractivity contribution in [1.29, 1.82) is 0 Å². The van der Waals surface area contributed by atoms with E-state index in [4.69, 9.17) is 5.14 Å². The molecule has 2 atom stereocenters. The van der Waals surface area contributed by atoms with Crippen LogP contribution in [0.5, 0.6) is 0 Å². The Hall–Kier alpha value is -0.120. The molecule has 2 unspecified atom stereocenters. The van der Waals surface area contributed by atoms with Crippen LogP contribution in [0.1, 0.15) is 17.4 Å². The van der Waals surface area contributed by atoms with Gasteiger partial charge in [-0.1, -0.05) is 0 Å². The highest BCUT2D eigenvalue weighted by Crippen LogP contribution is 2.28. The lowest BCUT2D eigenvalue weighted by molar-refractivity contribution is 0.0194. The van der Waals surface area contributed by atoms with E-state index in [1.807, 2.05) is 0 Å². The summed E-state index contributed by atoms with van der Waals surface area (Å²) in [4.78, 5) is 0.373. The van der Waals surface area contributed by atoms with E-state index >= 15 is 0 Å². The molecule has 16 heavy (non-hydrogen) atoms. The van der Waals surface area contributed by atoms with Gasteiger partial charge in [0, 0.05) is 4.88 Å². The molecule has 0 aromatic carbocycles. The van der Waals surface area contributed by atoms with Gasteiger partial charge in [0.2, 0.25) is 10.0 Å². The van der Waals surface area contributed by atoms with Gasteiger partial charge in [-0.15, -0.1) is 11.3 Å². The van der Waals surface area contributed by atoms with Crippen molar-refractivity contribution in [3.05, 3.63) is 17.0 Å². The Kier molecular flexibility index (Phi) is 4.77. The van der Waals surface area contributed by atoms with Crippen molar-refractivity contribution < 1.29 is 18.6 Å². The average molecular weight is 283 g/mol. The first-order valence-corrected chi connectivity index (χ1v) is 7.45. The van der Waals surface area contributed by atoms with Crippen LogP contribution in [0.4, 0.5) is 0 Å². The molecule has 0 saturated heterocycles. The van der Waals surface area contributed by atoms with Gasteiger partial charge in [0.1, 0.15) is 10.3 Å². The summed E-state index contributed by atoms with van der Waals surface area (Å²) in [6.07, 6.45) is -1.73. The standard InChI is InChI=1S/C8H13NO4S3/c9-16(12,13)7-2-1-6(15-7)8(11)5(10)3-4-14/h1-2,5,8,10-11,14H,3-4H2,(H2,9,12,13). The molecular formula is C8H13NO4S3. The number of aliphatic hydroxyl groups excluding tert-OH is 2. The highest BCUT2D eigenvalue weighted by atomic mass is 32.2. The van der Waals surface area contributed by atoms with Crippen LogP contribution < -0.4 is 5.14 Å². The topological polar surface area (TPSA) is 101 Å². The van der Waals surface area contributed by atoms with Gasteiger partial charge in [0.15, 0.2) is 0 Å². The molecule has 0 aliphatic carbocycles. The van der Waals surface area contributed by atoms with Crippen molar-refractivity contribution in [2.45, 2.75) is 22.8 Å². The molecule has 1 aromatic rings. The fourth-order valence-corrected chi connectivity index (χ4v) is 3.18. The first-order valence-electron chi connectivity index (χ1n) is 4.45. The molecule has 0 radical (unpaired) electrons. The summed E-state index contributed by atoms with van der Waals surface area (Å²) in [7, 11) is -3.74. The van der Waals surface area contributed by atoms with Crippen LogP contribution >= 0.6 is 24.0 Å². The Bertz CT molecular complexity index is 442. The van der Waals surface area contributed by atoms with Crippen LogP contribution in [0, 0.1) is 0 Å². The molecule has 1 aromatic heterocycles. The third-order valence-corrected chi connectivity index (χ3v) is 4.82. The third kappa shape index (κ3) is 3.44. The lowest BCUT2D eigenvalue weighted by Crippen LogP contribution is -2.17. The summed E-state index contributed by atoms with van der Waals surface area (Å²) in [6, 6.07) is 2.75. The van der Waals surface area contributed by atoms with Crippen LogP contribution in [0.2, 0.25) is 0 Å². The van der Waals surface area contributed by atoms with Gasteiger partial charge in [0.05, 0.1) is 6.10 Å². The average Bonchev–Trinajstić information content (AvgIpc) is 2.65. The molecule has 5 nitrogen and oxygen atoms in total. The minimum absolute atomic E-state index is 0.0281. The lowest BCUT2D eigenvalue weighted by atomic mass is 10.1. The Morgan fingerprint density at radius 1 is 1.44 bits per heavy atom. The van der Waals surface area contributed by atoms with E-state index in [0.29, 0.717) is 17.1 Å². The molecule has 1 heterocycles. The highest BCUT2D eigenvalue weighted by Gasteiger charge is 2.21. The zero-order valence-electron chi connectivity index (χ0n) is 8.28. The second kappa shape index (κ2) is 5.48. The van der Waals surface area contributed by atoms with Gasteiger partial charge >= 0.3 is 0 Å². The zero-order chi connectivity index (χ0) is 12.3. The smallest absolute Gasteiger partial charge is 0.247 e. The van der Waals surface area contributed by atoms with Crippen LogP contribution in [0.3, 0.4) is 0 Å². The minimum Gasteiger partial charge on any atom is -0.390 e. The van der Waals surface area contributed by atoms with Gasteiger partial charge < -0.3 is 10.2 Å². The Morgan fingerprint density at radius 3 is 2.50 bits per heavy atom. The van der Waals surface area contributed by atoms with Crippen LogP contribution in [-0.2, 0) is 10.0 Å². The van der Waals surface area contributed by atoms with Gasteiger partial charge in [-0.05, 0) is 24.3 Å². The van der Waals surface area contributed by atoms with Crippen molar-refractivity contribution in [2.24, 2.45) is 5.14 Å². The first-order chi connectivity index (χ1) is 7.36. The molecular weight excluding hydrogens is 270 g/mol. The molecule has 1 rings (SSSR count). The van der Waals surface area contributed by atoms with Crippen LogP contribution in [-0.4, -0.2) is 30.5 Å². The van der Waals surface area contributed by atoms with Crippen molar-refractivity contribution in [3.63, 3.8) is 0 Å². The van der Waals surface area contributed by atoms with E-state index < -0.39 is 22.2 Å². The van der Waals surface area contributed by atoms with E-state index in [9.17, 15) is 18.6 Å². The quantitative estimate of drug-likeness (QED) is 0.576. The molecule has 92 valence electrons. The van der Waals surface area contributed by atoms with E-state index in [0.717, 1.165) is 11.3 Å². The summed E-state index contributed by atoms with van der Waals surface area (Å²) in [6.45, 7) is 0. The van der Waals surface area contributed by atoms with E-state index in [-0.39, 0.29) is 4.21 Å². The number of sulfonamides is 1. The van der Waals surface area contributed by atoms with Gasteiger partial charge in [-0.3, -0.25) is 0 Å². The second-order valence-electron chi connectivity index (χ2n) is 3.23. The van der Waals surface area contributed by atoms with Gasteiger partial charge in [-0.2, -0.15) is 12.6 Å². The van der Waals surface area contributed by atoms with Gasteiger partial charge in [0.25, 0.3) is 0 Å². The van der Waals surface area contributed by atoms with E-state index in [1.165, 1.54) is 12.1 Å². The van der Waals surface area contributed by atoms with E-state index in [2.05, 4.69) is 12.6 Å². The summed E-state index contributed by atoms with van der Waals surface area (Å²) in [5, 5.41) is 24.1. The summed E-state index contributed by atoms with van der Waals surface area (Å²) < 4.78 is 22.0. The summed E-state index contributed by atoms with van der Waals surface area (Å²) >= 11 is 4.79. The number of thiophene rings is 1. The number of thiol groups is 1. The third-order valence-electron chi connectivity index (χ3n) is 1.96. The van der Waals surface area contributed by atoms with Crippen molar-refractivity contribution >= 4 is 34.0 Å². The predicted octanol–water partition coefficient (Wildman–Crippen LogP) is 0.110. The summed E-state index contributed by atoms with van der Waals surface area (Å²) in [5.41, 5.74) is 0.